The average Bonchev–Trinajstić information content (AvgIpc) is 2.58. The summed E-state index contributed by atoms with van der Waals surface area (Å²) in [6, 6.07) is 14.9. The van der Waals surface area contributed by atoms with Gasteiger partial charge in [0.2, 0.25) is 0 Å². The van der Waals surface area contributed by atoms with Crippen molar-refractivity contribution in [3.05, 3.63) is 58.6 Å². The maximum atomic E-state index is 6.01. The first-order valence-corrected chi connectivity index (χ1v) is 9.56. The Balaban J connectivity index is 1.84. The summed E-state index contributed by atoms with van der Waals surface area (Å²) in [7, 11) is 1.74. The number of hydrogen-bond donors (Lipinski definition) is 0. The fourth-order valence-corrected chi connectivity index (χ4v) is 4.92. The first kappa shape index (κ1) is 16.7. The molecule has 0 saturated heterocycles. The number of halogens is 1. The van der Waals surface area contributed by atoms with Gasteiger partial charge in [-0.25, -0.2) is 0 Å². The van der Waals surface area contributed by atoms with Crippen LogP contribution in [0, 0.1) is 0 Å². The molecule has 0 heterocycles. The Labute approximate surface area is 148 Å². The van der Waals surface area contributed by atoms with Crippen LogP contribution in [0.5, 0.6) is 5.75 Å². The van der Waals surface area contributed by atoms with Crippen molar-refractivity contribution in [1.82, 2.24) is 0 Å². The van der Waals surface area contributed by atoms with Crippen LogP contribution in [-0.2, 0) is 6.42 Å². The van der Waals surface area contributed by atoms with Gasteiger partial charge in [-0.3, -0.25) is 0 Å². The minimum absolute atomic E-state index is 0.621. The molecule has 1 aliphatic rings. The zero-order chi connectivity index (χ0) is 16.2. The summed E-state index contributed by atoms with van der Waals surface area (Å²) >= 11 is 8.01. The van der Waals surface area contributed by atoms with E-state index in [4.69, 9.17) is 16.3 Å². The van der Waals surface area contributed by atoms with Crippen LogP contribution in [0.2, 0.25) is 5.02 Å². The molecule has 1 aliphatic carbocycles. The van der Waals surface area contributed by atoms with Gasteiger partial charge in [0.15, 0.2) is 0 Å². The van der Waals surface area contributed by atoms with Gasteiger partial charge in [0.25, 0.3) is 0 Å². The highest BCUT2D eigenvalue weighted by Gasteiger charge is 2.29. The number of rotatable bonds is 5. The van der Waals surface area contributed by atoms with Gasteiger partial charge in [-0.1, -0.05) is 31.0 Å². The molecule has 2 aromatic carbocycles. The predicted octanol–water partition coefficient (Wildman–Crippen LogP) is 6.34. The molecule has 0 radical (unpaired) electrons. The van der Waals surface area contributed by atoms with Gasteiger partial charge in [-0.2, -0.15) is 0 Å². The molecule has 3 heteroatoms. The fraction of sp³-hybridized carbons (Fsp3) is 0.400. The molecule has 0 unspecified atom stereocenters. The number of ether oxygens (including phenoxy) is 1. The van der Waals surface area contributed by atoms with Crippen molar-refractivity contribution in [3.63, 3.8) is 0 Å². The second-order valence-corrected chi connectivity index (χ2v) is 7.86. The molecule has 0 fully saturated rings. The Morgan fingerprint density at radius 1 is 1.17 bits per heavy atom. The smallest absolute Gasteiger partial charge is 0.119 e. The third kappa shape index (κ3) is 3.87. The number of hydrogen-bond acceptors (Lipinski definition) is 2. The second-order valence-electron chi connectivity index (χ2n) is 6.11. The summed E-state index contributed by atoms with van der Waals surface area (Å²) in [4.78, 5) is 1.32. The van der Waals surface area contributed by atoms with Crippen LogP contribution >= 0.6 is 23.4 Å². The number of thioether (sulfide) groups is 1. The first-order valence-electron chi connectivity index (χ1n) is 8.30. The molecule has 1 nitrogen and oxygen atoms in total. The van der Waals surface area contributed by atoms with E-state index in [-0.39, 0.29) is 0 Å². The molecule has 3 rings (SSSR count). The number of aryl methyl sites for hydroxylation is 1. The largest absolute Gasteiger partial charge is 0.497 e. The molecular weight excluding hydrogens is 324 g/mol. The number of benzene rings is 2. The first-order chi connectivity index (χ1) is 11.2. The molecule has 2 aromatic rings. The molecule has 0 amide bonds. The third-order valence-corrected chi connectivity index (χ3v) is 6.26. The van der Waals surface area contributed by atoms with E-state index in [1.807, 2.05) is 23.9 Å². The van der Waals surface area contributed by atoms with E-state index in [2.05, 4.69) is 37.3 Å². The lowest BCUT2D eigenvalue weighted by Crippen LogP contribution is -2.23. The van der Waals surface area contributed by atoms with E-state index in [0.29, 0.717) is 11.2 Å². The Morgan fingerprint density at radius 2 is 1.96 bits per heavy atom. The maximum absolute atomic E-state index is 6.01. The van der Waals surface area contributed by atoms with Crippen LogP contribution in [0.3, 0.4) is 0 Å². The lowest BCUT2D eigenvalue weighted by Gasteiger charge is -2.33. The molecule has 122 valence electrons. The third-order valence-electron chi connectivity index (χ3n) is 4.60. The Kier molecular flexibility index (Phi) is 5.55. The number of fused-ring (bicyclic) bond motifs is 1. The zero-order valence-electron chi connectivity index (χ0n) is 13.7. The van der Waals surface area contributed by atoms with Crippen molar-refractivity contribution < 1.29 is 4.74 Å². The van der Waals surface area contributed by atoms with Crippen molar-refractivity contribution in [2.24, 2.45) is 0 Å². The van der Waals surface area contributed by atoms with Crippen LogP contribution in [0.15, 0.2) is 47.4 Å². The molecule has 0 aromatic heterocycles. The maximum Gasteiger partial charge on any atom is 0.119 e. The SMILES string of the molecule is CCC[C@@H]1c2ccc(OC)cc2CC[C@@H]1Sc1ccc(Cl)cc1. The van der Waals surface area contributed by atoms with Gasteiger partial charge in [-0.15, -0.1) is 11.8 Å². The summed E-state index contributed by atoms with van der Waals surface area (Å²) in [6.45, 7) is 2.28. The Hall–Kier alpha value is -1.12. The fourth-order valence-electron chi connectivity index (χ4n) is 3.47. The Bertz CT molecular complexity index is 653. The lowest BCUT2D eigenvalue weighted by molar-refractivity contribution is 0.412. The normalized spacial score (nSPS) is 20.1. The molecular formula is C20H23ClOS. The number of methoxy groups -OCH3 is 1. The average molecular weight is 347 g/mol. The van der Waals surface area contributed by atoms with E-state index >= 15 is 0 Å². The van der Waals surface area contributed by atoms with E-state index in [1.165, 1.54) is 35.3 Å². The van der Waals surface area contributed by atoms with E-state index < -0.39 is 0 Å². The van der Waals surface area contributed by atoms with Crippen LogP contribution in [0.1, 0.15) is 43.2 Å². The highest BCUT2D eigenvalue weighted by atomic mass is 35.5. The summed E-state index contributed by atoms with van der Waals surface area (Å²) in [5.74, 6) is 1.60. The zero-order valence-corrected chi connectivity index (χ0v) is 15.3. The minimum Gasteiger partial charge on any atom is -0.497 e. The van der Waals surface area contributed by atoms with Crippen molar-refractivity contribution in [2.45, 2.75) is 48.7 Å². The molecule has 0 spiro atoms. The lowest BCUT2D eigenvalue weighted by atomic mass is 9.80. The summed E-state index contributed by atoms with van der Waals surface area (Å²) in [5, 5.41) is 1.44. The van der Waals surface area contributed by atoms with Crippen LogP contribution in [0.4, 0.5) is 0 Å². The topological polar surface area (TPSA) is 9.23 Å². The van der Waals surface area contributed by atoms with E-state index in [9.17, 15) is 0 Å². The molecule has 0 bridgehead atoms. The van der Waals surface area contributed by atoms with Crippen molar-refractivity contribution >= 4 is 23.4 Å². The van der Waals surface area contributed by atoms with Crippen LogP contribution in [-0.4, -0.2) is 12.4 Å². The quantitative estimate of drug-likeness (QED) is 0.624. The Morgan fingerprint density at radius 3 is 2.65 bits per heavy atom. The van der Waals surface area contributed by atoms with Crippen molar-refractivity contribution in [1.29, 1.82) is 0 Å². The van der Waals surface area contributed by atoms with Crippen LogP contribution < -0.4 is 4.74 Å². The molecule has 0 saturated carbocycles. The minimum atomic E-state index is 0.621. The second kappa shape index (κ2) is 7.63. The van der Waals surface area contributed by atoms with E-state index in [1.54, 1.807) is 7.11 Å². The van der Waals surface area contributed by atoms with Gasteiger partial charge in [-0.05, 0) is 72.7 Å². The summed E-state index contributed by atoms with van der Waals surface area (Å²) < 4.78 is 5.39. The molecule has 2 atom stereocenters. The van der Waals surface area contributed by atoms with Gasteiger partial charge in [0, 0.05) is 15.2 Å². The highest BCUT2D eigenvalue weighted by molar-refractivity contribution is 8.00. The molecule has 0 N–H and O–H groups in total. The van der Waals surface area contributed by atoms with Crippen molar-refractivity contribution in [3.8, 4) is 5.75 Å². The van der Waals surface area contributed by atoms with Gasteiger partial charge in [0.1, 0.15) is 5.75 Å². The summed E-state index contributed by atoms with van der Waals surface area (Å²) in [6.07, 6.45) is 4.81. The molecule has 0 aliphatic heterocycles. The standard InChI is InChI=1S/C20H23ClOS/c1-3-4-19-18-11-8-16(22-2)13-14(18)5-12-20(19)23-17-9-6-15(21)7-10-17/h6-11,13,19-20H,3-5,12H2,1-2H3/t19-,20+/m1/s1. The van der Waals surface area contributed by atoms with Gasteiger partial charge >= 0.3 is 0 Å². The predicted molar refractivity (Wildman–Crippen MR) is 100 cm³/mol. The summed E-state index contributed by atoms with van der Waals surface area (Å²) in [5.41, 5.74) is 2.99. The molecule has 23 heavy (non-hydrogen) atoms. The highest BCUT2D eigenvalue weighted by Crippen LogP contribution is 2.44. The van der Waals surface area contributed by atoms with Crippen molar-refractivity contribution in [2.75, 3.05) is 7.11 Å². The monoisotopic (exact) mass is 346 g/mol. The van der Waals surface area contributed by atoms with Crippen LogP contribution in [0.25, 0.3) is 0 Å². The van der Waals surface area contributed by atoms with E-state index in [0.717, 1.165) is 17.2 Å². The van der Waals surface area contributed by atoms with Gasteiger partial charge < -0.3 is 4.74 Å². The van der Waals surface area contributed by atoms with Gasteiger partial charge in [0.05, 0.1) is 7.11 Å².